The fourth-order valence-corrected chi connectivity index (χ4v) is 2.67. The summed E-state index contributed by atoms with van der Waals surface area (Å²) in [4.78, 5) is 0. The van der Waals surface area contributed by atoms with Gasteiger partial charge in [-0.15, -0.1) is 0 Å². The van der Waals surface area contributed by atoms with Crippen molar-refractivity contribution in [1.29, 1.82) is 0 Å². The number of aliphatic hydroxyl groups is 1. The van der Waals surface area contributed by atoms with E-state index in [0.29, 0.717) is 5.25 Å². The van der Waals surface area contributed by atoms with Crippen LogP contribution in [0.1, 0.15) is 19.3 Å². The zero-order valence-electron chi connectivity index (χ0n) is 7.11. The third-order valence-electron chi connectivity index (χ3n) is 2.38. The van der Waals surface area contributed by atoms with Gasteiger partial charge in [0, 0.05) is 17.1 Å². The van der Waals surface area contributed by atoms with E-state index < -0.39 is 0 Å². The van der Waals surface area contributed by atoms with Gasteiger partial charge in [-0.3, -0.25) is 0 Å². The molecule has 0 bridgehead atoms. The van der Waals surface area contributed by atoms with Crippen LogP contribution < -0.4 is 0 Å². The van der Waals surface area contributed by atoms with E-state index >= 15 is 0 Å². The van der Waals surface area contributed by atoms with Crippen LogP contribution in [0.3, 0.4) is 0 Å². The molecule has 1 N–H and O–H groups in total. The molecular formula is C9H16OS2. The number of aliphatic hydroxyl groups excluding tert-OH is 1. The van der Waals surface area contributed by atoms with Gasteiger partial charge < -0.3 is 5.11 Å². The van der Waals surface area contributed by atoms with E-state index in [1.54, 1.807) is 0 Å². The van der Waals surface area contributed by atoms with Crippen LogP contribution in [0.25, 0.3) is 0 Å². The average Bonchev–Trinajstić information content (AvgIpc) is 2.09. The van der Waals surface area contributed by atoms with E-state index in [-0.39, 0.29) is 17.8 Å². The summed E-state index contributed by atoms with van der Waals surface area (Å²) in [6.45, 7) is 4.19. The molecule has 1 fully saturated rings. The topological polar surface area (TPSA) is 20.2 Å². The predicted molar refractivity (Wildman–Crippen MR) is 59.1 cm³/mol. The molecule has 3 unspecified atom stereocenters. The molecule has 1 aliphatic rings. The minimum atomic E-state index is 0.221. The summed E-state index contributed by atoms with van der Waals surface area (Å²) in [7, 11) is 0. The van der Waals surface area contributed by atoms with Crippen molar-refractivity contribution in [2.45, 2.75) is 29.8 Å². The monoisotopic (exact) mass is 204 g/mol. The number of hydrogen-bond donors (Lipinski definition) is 3. The van der Waals surface area contributed by atoms with Crippen molar-refractivity contribution < 1.29 is 5.11 Å². The van der Waals surface area contributed by atoms with Crippen molar-refractivity contribution in [3.8, 4) is 0 Å². The molecule has 0 aromatic carbocycles. The lowest BCUT2D eigenvalue weighted by atomic mass is 10.0. The van der Waals surface area contributed by atoms with Gasteiger partial charge in [-0.2, -0.15) is 25.3 Å². The Balaban J connectivity index is 2.60. The third-order valence-corrected chi connectivity index (χ3v) is 3.37. The van der Waals surface area contributed by atoms with Crippen LogP contribution in [0.2, 0.25) is 0 Å². The number of allylic oxidation sites excluding steroid dienone is 1. The summed E-state index contributed by atoms with van der Waals surface area (Å²) in [5.41, 5.74) is 1.21. The van der Waals surface area contributed by atoms with Gasteiger partial charge in [0.25, 0.3) is 0 Å². The zero-order valence-corrected chi connectivity index (χ0v) is 8.90. The molecule has 0 saturated heterocycles. The standard InChI is InChI=1S/C9H16OS2/c1-6-2-8(11)4-7(5-10)9(12)3-6/h7-12H,1-5H2. The van der Waals surface area contributed by atoms with Crippen LogP contribution in [-0.2, 0) is 0 Å². The van der Waals surface area contributed by atoms with Crippen LogP contribution in [0.4, 0.5) is 0 Å². The Morgan fingerprint density at radius 1 is 1.42 bits per heavy atom. The first-order valence-electron chi connectivity index (χ1n) is 4.27. The van der Waals surface area contributed by atoms with E-state index in [2.05, 4.69) is 31.8 Å². The Morgan fingerprint density at radius 2 is 2.08 bits per heavy atom. The maximum atomic E-state index is 9.08. The van der Waals surface area contributed by atoms with Crippen molar-refractivity contribution in [1.82, 2.24) is 0 Å². The fraction of sp³-hybridized carbons (Fsp3) is 0.778. The Bertz CT molecular complexity index is 170. The molecule has 0 aliphatic heterocycles. The first-order chi connectivity index (χ1) is 5.63. The molecule has 3 atom stereocenters. The van der Waals surface area contributed by atoms with Crippen molar-refractivity contribution >= 4 is 25.3 Å². The van der Waals surface area contributed by atoms with Gasteiger partial charge in [-0.25, -0.2) is 0 Å². The normalized spacial score (nSPS) is 37.9. The first-order valence-corrected chi connectivity index (χ1v) is 5.30. The second kappa shape index (κ2) is 4.58. The molecule has 12 heavy (non-hydrogen) atoms. The van der Waals surface area contributed by atoms with Crippen LogP contribution in [0, 0.1) is 5.92 Å². The molecule has 1 nitrogen and oxygen atoms in total. The van der Waals surface area contributed by atoms with Crippen molar-refractivity contribution in [3.05, 3.63) is 12.2 Å². The number of hydrogen-bond acceptors (Lipinski definition) is 3. The van der Waals surface area contributed by atoms with Crippen molar-refractivity contribution in [2.75, 3.05) is 6.61 Å². The van der Waals surface area contributed by atoms with Crippen LogP contribution >= 0.6 is 25.3 Å². The van der Waals surface area contributed by atoms with Gasteiger partial charge in [0.05, 0.1) is 0 Å². The zero-order chi connectivity index (χ0) is 9.14. The van der Waals surface area contributed by atoms with E-state index in [0.717, 1.165) is 19.3 Å². The van der Waals surface area contributed by atoms with Crippen LogP contribution in [-0.4, -0.2) is 22.2 Å². The summed E-state index contributed by atoms with van der Waals surface area (Å²) < 4.78 is 0. The molecule has 0 amide bonds. The molecule has 0 heterocycles. The average molecular weight is 204 g/mol. The van der Waals surface area contributed by atoms with Gasteiger partial charge in [0.1, 0.15) is 0 Å². The Morgan fingerprint density at radius 3 is 2.67 bits per heavy atom. The highest BCUT2D eigenvalue weighted by Crippen LogP contribution is 2.31. The van der Waals surface area contributed by atoms with E-state index in [1.807, 2.05) is 0 Å². The summed E-state index contributed by atoms with van der Waals surface area (Å²) in [5, 5.41) is 9.70. The molecule has 1 saturated carbocycles. The summed E-state index contributed by atoms with van der Waals surface area (Å²) >= 11 is 8.89. The highest BCUT2D eigenvalue weighted by atomic mass is 32.1. The van der Waals surface area contributed by atoms with Gasteiger partial charge in [0.2, 0.25) is 0 Å². The largest absolute Gasteiger partial charge is 0.396 e. The Kier molecular flexibility index (Phi) is 4.00. The summed E-state index contributed by atoms with van der Waals surface area (Å²) in [6.07, 6.45) is 2.84. The molecule has 1 aliphatic carbocycles. The molecule has 0 radical (unpaired) electrons. The van der Waals surface area contributed by atoms with Crippen molar-refractivity contribution in [2.24, 2.45) is 5.92 Å². The van der Waals surface area contributed by atoms with E-state index in [4.69, 9.17) is 5.11 Å². The quantitative estimate of drug-likeness (QED) is 0.339. The van der Waals surface area contributed by atoms with Crippen LogP contribution in [0.5, 0.6) is 0 Å². The summed E-state index contributed by atoms with van der Waals surface area (Å²) in [5.74, 6) is 0.287. The Labute approximate surface area is 85.1 Å². The van der Waals surface area contributed by atoms with Gasteiger partial charge in [-0.1, -0.05) is 12.2 Å². The fourth-order valence-electron chi connectivity index (χ4n) is 1.67. The number of rotatable bonds is 1. The highest BCUT2D eigenvalue weighted by molar-refractivity contribution is 7.81. The lowest BCUT2D eigenvalue weighted by molar-refractivity contribution is 0.218. The van der Waals surface area contributed by atoms with Gasteiger partial charge >= 0.3 is 0 Å². The van der Waals surface area contributed by atoms with E-state index in [1.165, 1.54) is 5.57 Å². The molecule has 0 spiro atoms. The lowest BCUT2D eigenvalue weighted by Gasteiger charge is -2.18. The third kappa shape index (κ3) is 2.71. The lowest BCUT2D eigenvalue weighted by Crippen LogP contribution is -2.19. The van der Waals surface area contributed by atoms with Crippen molar-refractivity contribution in [3.63, 3.8) is 0 Å². The maximum Gasteiger partial charge on any atom is 0.0470 e. The van der Waals surface area contributed by atoms with Gasteiger partial charge in [-0.05, 0) is 25.2 Å². The Hall–Kier alpha value is 0.400. The minimum Gasteiger partial charge on any atom is -0.396 e. The van der Waals surface area contributed by atoms with Gasteiger partial charge in [0.15, 0.2) is 0 Å². The van der Waals surface area contributed by atoms with E-state index in [9.17, 15) is 0 Å². The predicted octanol–water partition coefficient (Wildman–Crippen LogP) is 1.93. The second-order valence-electron chi connectivity index (χ2n) is 3.56. The molecule has 0 aromatic heterocycles. The smallest absolute Gasteiger partial charge is 0.0470 e. The first kappa shape index (κ1) is 10.5. The van der Waals surface area contributed by atoms with Crippen LogP contribution in [0.15, 0.2) is 12.2 Å². The number of thiol groups is 2. The minimum absolute atomic E-state index is 0.221. The molecule has 70 valence electrons. The molecule has 1 rings (SSSR count). The summed E-state index contributed by atoms with van der Waals surface area (Å²) in [6, 6.07) is 0. The maximum absolute atomic E-state index is 9.08. The second-order valence-corrected chi connectivity index (χ2v) is 4.95. The molecular weight excluding hydrogens is 188 g/mol. The molecule has 0 aromatic rings. The SMILES string of the molecule is C=C1CC(S)CC(CO)C(S)C1. The highest BCUT2D eigenvalue weighted by Gasteiger charge is 2.25. The molecule has 3 heteroatoms.